The minimum atomic E-state index is -0.0278. The van der Waals surface area contributed by atoms with E-state index in [1.807, 2.05) is 13.8 Å². The zero-order valence-electron chi connectivity index (χ0n) is 4.93. The Bertz CT molecular complexity index is 68.5. The van der Waals surface area contributed by atoms with Crippen molar-refractivity contribution in [2.24, 2.45) is 5.92 Å². The van der Waals surface area contributed by atoms with E-state index in [4.69, 9.17) is 0 Å². The second kappa shape index (κ2) is 2.61. The normalized spacial score (nSPS) is 9.14. The molecule has 0 aliphatic heterocycles. The molecule has 0 rings (SSSR count). The van der Waals surface area contributed by atoms with E-state index in [2.05, 4.69) is 5.32 Å². The van der Waals surface area contributed by atoms with E-state index in [1.54, 1.807) is 0 Å². The maximum absolute atomic E-state index is 10.3. The fraction of sp³-hybridized carbons (Fsp3) is 0.800. The topological polar surface area (TPSA) is 31.2 Å². The van der Waals surface area contributed by atoms with Crippen molar-refractivity contribution in [2.75, 3.05) is 7.05 Å². The van der Waals surface area contributed by atoms with E-state index < -0.39 is 0 Å². The Morgan fingerprint density at radius 3 is 2.00 bits per heavy atom. The number of hydrogen-bond donors (Lipinski definition) is 0. The molecule has 0 fully saturated rings. The number of rotatable bonds is 1. The van der Waals surface area contributed by atoms with Crippen LogP contribution < -0.4 is 5.32 Å². The van der Waals surface area contributed by atoms with Crippen LogP contribution in [-0.4, -0.2) is 13.0 Å². The molecule has 0 aliphatic carbocycles. The van der Waals surface area contributed by atoms with Gasteiger partial charge >= 0.3 is 0 Å². The predicted octanol–water partition coefficient (Wildman–Crippen LogP) is 0.403. The molecule has 1 amide bonds. The molecule has 0 saturated heterocycles. The van der Waals surface area contributed by atoms with Crippen LogP contribution in [0.15, 0.2) is 0 Å². The number of nitrogens with zero attached hydrogens (tertiary/aromatic N) is 1. The Labute approximate surface area is 43.9 Å². The minimum Gasteiger partial charge on any atom is -0.273 e. The highest BCUT2D eigenvalue weighted by Gasteiger charge is 2.02. The van der Waals surface area contributed by atoms with Gasteiger partial charge in [-0.3, -0.25) is 10.1 Å². The average Bonchev–Trinajstić information content (AvgIpc) is 1.65. The highest BCUT2D eigenvalue weighted by atomic mass is 16.1. The summed E-state index contributed by atoms with van der Waals surface area (Å²) in [4.78, 5) is 10.3. The molecule has 0 N–H and O–H groups in total. The standard InChI is InChI=1S/C5H10NO/c1-4(2)5(7)6-3/h4H,1-3H3. The fourth-order valence-electron chi connectivity index (χ4n) is 0.258. The van der Waals surface area contributed by atoms with Crippen molar-refractivity contribution < 1.29 is 4.79 Å². The molecular weight excluding hydrogens is 90.1 g/mol. The van der Waals surface area contributed by atoms with E-state index >= 15 is 0 Å². The minimum absolute atomic E-state index is 0.0278. The molecule has 41 valence electrons. The summed E-state index contributed by atoms with van der Waals surface area (Å²) in [6, 6.07) is 0. The van der Waals surface area contributed by atoms with Gasteiger partial charge in [0.1, 0.15) is 0 Å². The molecule has 2 nitrogen and oxygen atoms in total. The van der Waals surface area contributed by atoms with Crippen LogP contribution in [0.3, 0.4) is 0 Å². The smallest absolute Gasteiger partial charge is 0.243 e. The molecule has 0 spiro atoms. The van der Waals surface area contributed by atoms with Gasteiger partial charge in [-0.05, 0) is 0 Å². The van der Waals surface area contributed by atoms with Gasteiger partial charge in [0, 0.05) is 13.0 Å². The summed E-state index contributed by atoms with van der Waals surface area (Å²) in [5.74, 6) is 0.0324. The third-order valence-corrected chi connectivity index (χ3v) is 0.714. The predicted molar refractivity (Wildman–Crippen MR) is 27.9 cm³/mol. The molecule has 0 aromatic carbocycles. The second-order valence-corrected chi connectivity index (χ2v) is 1.72. The van der Waals surface area contributed by atoms with Crippen LogP contribution in [0, 0.1) is 5.92 Å². The monoisotopic (exact) mass is 100 g/mol. The van der Waals surface area contributed by atoms with Gasteiger partial charge in [-0.2, -0.15) is 0 Å². The van der Waals surface area contributed by atoms with E-state index in [0.717, 1.165) is 0 Å². The molecule has 2 heteroatoms. The van der Waals surface area contributed by atoms with Crippen molar-refractivity contribution in [1.82, 2.24) is 5.32 Å². The van der Waals surface area contributed by atoms with Gasteiger partial charge in [-0.1, -0.05) is 13.8 Å². The van der Waals surface area contributed by atoms with Crippen molar-refractivity contribution in [3.05, 3.63) is 0 Å². The Balaban J connectivity index is 3.35. The quantitative estimate of drug-likeness (QED) is 0.469. The highest BCUT2D eigenvalue weighted by Crippen LogP contribution is 1.88. The lowest BCUT2D eigenvalue weighted by Crippen LogP contribution is -2.16. The van der Waals surface area contributed by atoms with Crippen molar-refractivity contribution in [3.63, 3.8) is 0 Å². The molecule has 0 bridgehead atoms. The third kappa shape index (κ3) is 2.20. The van der Waals surface area contributed by atoms with Gasteiger partial charge in [0.15, 0.2) is 0 Å². The molecular formula is C5H10NO. The van der Waals surface area contributed by atoms with Crippen LogP contribution in [0.5, 0.6) is 0 Å². The van der Waals surface area contributed by atoms with E-state index in [9.17, 15) is 4.79 Å². The first-order valence-electron chi connectivity index (χ1n) is 2.32. The Morgan fingerprint density at radius 2 is 2.00 bits per heavy atom. The lowest BCUT2D eigenvalue weighted by Gasteiger charge is -1.95. The lowest BCUT2D eigenvalue weighted by molar-refractivity contribution is -0.123. The Morgan fingerprint density at radius 1 is 1.57 bits per heavy atom. The van der Waals surface area contributed by atoms with Gasteiger partial charge in [-0.15, -0.1) is 0 Å². The molecule has 0 heterocycles. The van der Waals surface area contributed by atoms with Crippen molar-refractivity contribution in [2.45, 2.75) is 13.8 Å². The molecule has 0 unspecified atom stereocenters. The SMILES string of the molecule is C[N]C(=O)C(C)C. The summed E-state index contributed by atoms with van der Waals surface area (Å²) < 4.78 is 0. The van der Waals surface area contributed by atoms with Gasteiger partial charge < -0.3 is 0 Å². The number of carbonyl (C=O) groups excluding carboxylic acids is 1. The molecule has 0 aromatic heterocycles. The van der Waals surface area contributed by atoms with Crippen LogP contribution in [0.25, 0.3) is 0 Å². The third-order valence-electron chi connectivity index (χ3n) is 0.714. The Kier molecular flexibility index (Phi) is 2.41. The molecule has 0 atom stereocenters. The maximum atomic E-state index is 10.3. The zero-order valence-corrected chi connectivity index (χ0v) is 4.93. The molecule has 0 aliphatic rings. The van der Waals surface area contributed by atoms with Crippen LogP contribution >= 0.6 is 0 Å². The molecule has 1 radical (unpaired) electrons. The van der Waals surface area contributed by atoms with Gasteiger partial charge in [0.25, 0.3) is 0 Å². The first-order valence-corrected chi connectivity index (χ1v) is 2.32. The Hall–Kier alpha value is -0.530. The first kappa shape index (κ1) is 6.47. The van der Waals surface area contributed by atoms with E-state index in [0.29, 0.717) is 0 Å². The van der Waals surface area contributed by atoms with Crippen LogP contribution in [0.1, 0.15) is 13.8 Å². The van der Waals surface area contributed by atoms with Crippen LogP contribution in [0.2, 0.25) is 0 Å². The number of hydrogen-bond acceptors (Lipinski definition) is 1. The molecule has 0 saturated carbocycles. The zero-order chi connectivity index (χ0) is 5.86. The maximum Gasteiger partial charge on any atom is 0.243 e. The summed E-state index contributed by atoms with van der Waals surface area (Å²) in [6.45, 7) is 3.66. The van der Waals surface area contributed by atoms with Crippen molar-refractivity contribution in [1.29, 1.82) is 0 Å². The lowest BCUT2D eigenvalue weighted by atomic mass is 10.2. The van der Waals surface area contributed by atoms with Crippen LogP contribution in [0.4, 0.5) is 0 Å². The largest absolute Gasteiger partial charge is 0.273 e. The van der Waals surface area contributed by atoms with Gasteiger partial charge in [0.05, 0.1) is 0 Å². The number of carbonyl (C=O) groups is 1. The summed E-state index contributed by atoms with van der Waals surface area (Å²) >= 11 is 0. The summed E-state index contributed by atoms with van der Waals surface area (Å²) in [7, 11) is 1.52. The van der Waals surface area contributed by atoms with Gasteiger partial charge in [-0.25, -0.2) is 0 Å². The van der Waals surface area contributed by atoms with Crippen molar-refractivity contribution in [3.8, 4) is 0 Å². The molecule has 0 aromatic rings. The van der Waals surface area contributed by atoms with E-state index in [-0.39, 0.29) is 11.8 Å². The second-order valence-electron chi connectivity index (χ2n) is 1.72. The van der Waals surface area contributed by atoms with E-state index in [1.165, 1.54) is 7.05 Å². The van der Waals surface area contributed by atoms with Crippen molar-refractivity contribution >= 4 is 5.91 Å². The average molecular weight is 100 g/mol. The molecule has 7 heavy (non-hydrogen) atoms. The summed E-state index contributed by atoms with van der Waals surface area (Å²) in [6.07, 6.45) is 0. The highest BCUT2D eigenvalue weighted by molar-refractivity contribution is 5.77. The fourth-order valence-corrected chi connectivity index (χ4v) is 0.258. The van der Waals surface area contributed by atoms with Crippen LogP contribution in [-0.2, 0) is 4.79 Å². The summed E-state index contributed by atoms with van der Waals surface area (Å²) in [5, 5.41) is 3.45. The first-order chi connectivity index (χ1) is 3.18. The van der Waals surface area contributed by atoms with Gasteiger partial charge in [0.2, 0.25) is 5.91 Å². The number of amides is 1. The summed E-state index contributed by atoms with van der Waals surface area (Å²) in [5.41, 5.74) is 0.